The van der Waals surface area contributed by atoms with Crippen molar-refractivity contribution in [3.05, 3.63) is 73.5 Å². The van der Waals surface area contributed by atoms with E-state index in [2.05, 4.69) is 26.0 Å². The molecule has 0 saturated carbocycles. The SMILES string of the molecule is CC1(C)CC(=O)C2=C(C1)N(c1sc3c(c1C#N)CCCC3)C(N)=C(C#N)[C@H]2c1ccc(Cl)cc1. The van der Waals surface area contributed by atoms with Crippen molar-refractivity contribution in [2.75, 3.05) is 4.90 Å². The maximum atomic E-state index is 13.6. The minimum atomic E-state index is -0.544. The number of nitrogens with zero attached hydrogens (tertiary/aromatic N) is 3. The van der Waals surface area contributed by atoms with Crippen molar-refractivity contribution in [2.24, 2.45) is 11.1 Å². The van der Waals surface area contributed by atoms with Crippen LogP contribution in [-0.2, 0) is 17.6 Å². The lowest BCUT2D eigenvalue weighted by atomic mass is 9.68. The highest BCUT2D eigenvalue weighted by atomic mass is 35.5. The maximum absolute atomic E-state index is 13.6. The third-order valence-corrected chi connectivity index (χ3v) is 8.58. The molecule has 0 bridgehead atoms. The van der Waals surface area contributed by atoms with Crippen LogP contribution in [0, 0.1) is 28.1 Å². The molecule has 34 heavy (non-hydrogen) atoms. The Morgan fingerprint density at radius 2 is 1.82 bits per heavy atom. The quantitative estimate of drug-likeness (QED) is 0.551. The van der Waals surface area contributed by atoms with Gasteiger partial charge in [0.1, 0.15) is 16.9 Å². The normalized spacial score (nSPS) is 21.6. The Kier molecular flexibility index (Phi) is 5.55. The summed E-state index contributed by atoms with van der Waals surface area (Å²) in [6.45, 7) is 4.16. The predicted octanol–water partition coefficient (Wildman–Crippen LogP) is 6.09. The molecule has 2 aliphatic carbocycles. The molecule has 1 aromatic carbocycles. The molecule has 1 aliphatic heterocycles. The van der Waals surface area contributed by atoms with Gasteiger partial charge in [0.25, 0.3) is 0 Å². The van der Waals surface area contributed by atoms with Gasteiger partial charge in [-0.25, -0.2) is 0 Å². The molecule has 2 heterocycles. The van der Waals surface area contributed by atoms with Crippen LogP contribution in [0.15, 0.2) is 46.9 Å². The average Bonchev–Trinajstić information content (AvgIpc) is 3.16. The Morgan fingerprint density at radius 3 is 2.50 bits per heavy atom. The van der Waals surface area contributed by atoms with E-state index in [4.69, 9.17) is 17.3 Å². The molecule has 1 atom stereocenters. The second-order valence-electron chi connectivity index (χ2n) is 10.0. The number of allylic oxidation sites excluding steroid dienone is 3. The lowest BCUT2D eigenvalue weighted by molar-refractivity contribution is -0.118. The van der Waals surface area contributed by atoms with Crippen LogP contribution in [0.5, 0.6) is 0 Å². The van der Waals surface area contributed by atoms with Crippen molar-refractivity contribution in [2.45, 2.75) is 58.3 Å². The second-order valence-corrected chi connectivity index (χ2v) is 11.6. The molecule has 0 saturated heterocycles. The van der Waals surface area contributed by atoms with E-state index in [0.29, 0.717) is 40.4 Å². The molecular formula is C27H25ClN4OS. The molecule has 7 heteroatoms. The fourth-order valence-corrected chi connectivity index (χ4v) is 7.06. The number of Topliss-reactive ketones (excluding diaryl/α,β-unsaturated/α-hetero) is 1. The Hall–Kier alpha value is -3.06. The van der Waals surface area contributed by atoms with E-state index < -0.39 is 5.92 Å². The Morgan fingerprint density at radius 1 is 1.12 bits per heavy atom. The third kappa shape index (κ3) is 3.54. The minimum absolute atomic E-state index is 0.0243. The Bertz CT molecular complexity index is 1350. The summed E-state index contributed by atoms with van der Waals surface area (Å²) in [5, 5.41) is 21.7. The molecule has 172 valence electrons. The molecular weight excluding hydrogens is 464 g/mol. The van der Waals surface area contributed by atoms with Gasteiger partial charge in [-0.3, -0.25) is 9.69 Å². The van der Waals surface area contributed by atoms with Gasteiger partial charge in [-0.2, -0.15) is 10.5 Å². The standard InChI is InChI=1S/C27H25ClN4OS/c1-27(2)11-20-24(21(33)12-27)23(15-7-9-16(28)10-8-15)19(14-30)25(31)32(20)26-18(13-29)17-5-3-4-6-22(17)34-26/h7-10,23H,3-6,11-12,31H2,1-2H3/t23-/m1/s1. The fraction of sp³-hybridized carbons (Fsp3) is 0.370. The molecule has 0 amide bonds. The summed E-state index contributed by atoms with van der Waals surface area (Å²) < 4.78 is 0. The number of ketones is 1. The first kappa shape index (κ1) is 22.7. The molecule has 5 nitrogen and oxygen atoms in total. The number of hydrogen-bond acceptors (Lipinski definition) is 6. The predicted molar refractivity (Wildman–Crippen MR) is 134 cm³/mol. The molecule has 5 rings (SSSR count). The van der Waals surface area contributed by atoms with Gasteiger partial charge in [-0.15, -0.1) is 11.3 Å². The van der Waals surface area contributed by atoms with Crippen LogP contribution < -0.4 is 10.6 Å². The summed E-state index contributed by atoms with van der Waals surface area (Å²) in [6, 6.07) is 12.0. The van der Waals surface area contributed by atoms with Gasteiger partial charge in [0.05, 0.1) is 23.1 Å². The number of aryl methyl sites for hydroxylation is 1. The number of carbonyl (C=O) groups is 1. The van der Waals surface area contributed by atoms with Crippen LogP contribution in [0.2, 0.25) is 5.02 Å². The topological polar surface area (TPSA) is 93.9 Å². The van der Waals surface area contributed by atoms with Crippen LogP contribution >= 0.6 is 22.9 Å². The number of hydrogen-bond donors (Lipinski definition) is 1. The smallest absolute Gasteiger partial charge is 0.162 e. The first-order chi connectivity index (χ1) is 16.3. The van der Waals surface area contributed by atoms with Crippen molar-refractivity contribution in [3.63, 3.8) is 0 Å². The van der Waals surface area contributed by atoms with E-state index in [1.807, 2.05) is 17.0 Å². The van der Waals surface area contributed by atoms with Crippen molar-refractivity contribution in [3.8, 4) is 12.1 Å². The van der Waals surface area contributed by atoms with Gasteiger partial charge in [-0.1, -0.05) is 37.6 Å². The minimum Gasteiger partial charge on any atom is -0.384 e. The van der Waals surface area contributed by atoms with Gasteiger partial charge in [0.2, 0.25) is 0 Å². The van der Waals surface area contributed by atoms with Gasteiger partial charge in [0.15, 0.2) is 5.78 Å². The van der Waals surface area contributed by atoms with E-state index >= 15 is 0 Å². The summed E-state index contributed by atoms with van der Waals surface area (Å²) in [7, 11) is 0. The summed E-state index contributed by atoms with van der Waals surface area (Å²) in [5.74, 6) is -0.213. The van der Waals surface area contributed by atoms with Gasteiger partial charge >= 0.3 is 0 Å². The van der Waals surface area contributed by atoms with Crippen molar-refractivity contribution in [1.82, 2.24) is 0 Å². The molecule has 2 aromatic rings. The highest BCUT2D eigenvalue weighted by Gasteiger charge is 2.45. The van der Waals surface area contributed by atoms with E-state index in [9.17, 15) is 15.3 Å². The fourth-order valence-electron chi connectivity index (χ4n) is 5.55. The highest BCUT2D eigenvalue weighted by Crippen LogP contribution is 2.52. The van der Waals surface area contributed by atoms with Crippen molar-refractivity contribution in [1.29, 1.82) is 10.5 Å². The number of anilines is 1. The van der Waals surface area contributed by atoms with Crippen molar-refractivity contribution < 1.29 is 4.79 Å². The van der Waals surface area contributed by atoms with Crippen molar-refractivity contribution >= 4 is 33.7 Å². The molecule has 0 unspecified atom stereocenters. The van der Waals surface area contributed by atoms with Crippen LogP contribution in [0.4, 0.5) is 5.00 Å². The van der Waals surface area contributed by atoms with E-state index in [0.717, 1.165) is 47.5 Å². The maximum Gasteiger partial charge on any atom is 0.162 e. The lowest BCUT2D eigenvalue weighted by Crippen LogP contribution is -2.42. The largest absolute Gasteiger partial charge is 0.384 e. The molecule has 1 aromatic heterocycles. The van der Waals surface area contributed by atoms with Gasteiger partial charge < -0.3 is 5.73 Å². The summed E-state index contributed by atoms with van der Waals surface area (Å²) in [6.07, 6.45) is 5.01. The van der Waals surface area contributed by atoms with Crippen LogP contribution in [-0.4, -0.2) is 5.78 Å². The number of nitriles is 2. The van der Waals surface area contributed by atoms with Crippen LogP contribution in [0.25, 0.3) is 0 Å². The first-order valence-corrected chi connectivity index (χ1v) is 12.7. The van der Waals surface area contributed by atoms with Crippen LogP contribution in [0.3, 0.4) is 0 Å². The summed E-state index contributed by atoms with van der Waals surface area (Å²) in [5.41, 5.74) is 10.8. The number of carbonyl (C=O) groups excluding carboxylic acids is 1. The Labute approximate surface area is 208 Å². The number of nitrogens with two attached hydrogens (primary N) is 1. The number of halogens is 1. The number of thiophene rings is 1. The highest BCUT2D eigenvalue weighted by molar-refractivity contribution is 7.16. The average molecular weight is 489 g/mol. The number of benzene rings is 1. The van der Waals surface area contributed by atoms with E-state index in [-0.39, 0.29) is 11.2 Å². The molecule has 3 aliphatic rings. The lowest BCUT2D eigenvalue weighted by Gasteiger charge is -2.43. The zero-order valence-electron chi connectivity index (χ0n) is 19.2. The number of fused-ring (bicyclic) bond motifs is 1. The zero-order valence-corrected chi connectivity index (χ0v) is 20.8. The molecule has 2 N–H and O–H groups in total. The van der Waals surface area contributed by atoms with Gasteiger partial charge in [0, 0.05) is 27.6 Å². The van der Waals surface area contributed by atoms with E-state index in [1.54, 1.807) is 23.5 Å². The molecule has 0 fully saturated rings. The first-order valence-electron chi connectivity index (χ1n) is 11.5. The van der Waals surface area contributed by atoms with Crippen LogP contribution in [0.1, 0.15) is 67.0 Å². The summed E-state index contributed by atoms with van der Waals surface area (Å²) >= 11 is 7.70. The van der Waals surface area contributed by atoms with E-state index in [1.165, 1.54) is 4.88 Å². The monoisotopic (exact) mass is 488 g/mol. The zero-order chi connectivity index (χ0) is 24.2. The second kappa shape index (κ2) is 8.31. The Balaban J connectivity index is 1.79. The summed E-state index contributed by atoms with van der Waals surface area (Å²) in [4.78, 5) is 16.7. The number of rotatable bonds is 2. The molecule has 0 spiro atoms. The molecule has 0 radical (unpaired) electrons. The van der Waals surface area contributed by atoms with Gasteiger partial charge in [-0.05, 0) is 60.8 Å². The third-order valence-electron chi connectivity index (χ3n) is 7.05.